The normalized spacial score (nSPS) is 19.4. The fourth-order valence-corrected chi connectivity index (χ4v) is 3.79. The summed E-state index contributed by atoms with van der Waals surface area (Å²) >= 11 is 6.17. The molecule has 1 spiro atoms. The average molecular weight is 347 g/mol. The maximum absolute atomic E-state index is 11.5. The van der Waals surface area contributed by atoms with E-state index >= 15 is 0 Å². The van der Waals surface area contributed by atoms with Crippen molar-refractivity contribution in [1.29, 1.82) is 0 Å². The van der Waals surface area contributed by atoms with Gasteiger partial charge in [-0.05, 0) is 12.8 Å². The lowest BCUT2D eigenvalue weighted by Crippen LogP contribution is -2.61. The quantitative estimate of drug-likeness (QED) is 0.841. The van der Waals surface area contributed by atoms with Crippen LogP contribution in [0.3, 0.4) is 0 Å². The average Bonchev–Trinajstić information content (AvgIpc) is 3.06. The standard InChI is InChI=1S/C16H19ClN6O/c1-11(24)22-4-2-16(3-5-22)9-23(10-16)14-6-13(17)20-15(21-14)12-7-18-19-8-12/h6-8H,2-5,9-10H2,1H3,(H,18,19). The molecule has 4 heterocycles. The lowest BCUT2D eigenvalue weighted by atomic mass is 9.72. The third-order valence-corrected chi connectivity index (χ3v) is 5.28. The Bertz CT molecular complexity index is 746. The van der Waals surface area contributed by atoms with Crippen LogP contribution in [0.25, 0.3) is 11.4 Å². The van der Waals surface area contributed by atoms with Gasteiger partial charge in [-0.15, -0.1) is 0 Å². The molecule has 2 aromatic rings. The monoisotopic (exact) mass is 346 g/mol. The molecule has 0 bridgehead atoms. The van der Waals surface area contributed by atoms with Crippen molar-refractivity contribution in [2.24, 2.45) is 5.41 Å². The minimum atomic E-state index is 0.174. The lowest BCUT2D eigenvalue weighted by Gasteiger charge is -2.54. The highest BCUT2D eigenvalue weighted by atomic mass is 35.5. The van der Waals surface area contributed by atoms with Crippen molar-refractivity contribution in [2.75, 3.05) is 31.1 Å². The molecular formula is C16H19ClN6O. The van der Waals surface area contributed by atoms with Crippen LogP contribution in [0.5, 0.6) is 0 Å². The van der Waals surface area contributed by atoms with Gasteiger partial charge in [0.05, 0.1) is 11.8 Å². The van der Waals surface area contributed by atoms with Crippen molar-refractivity contribution in [1.82, 2.24) is 25.1 Å². The van der Waals surface area contributed by atoms with Gasteiger partial charge in [-0.2, -0.15) is 5.10 Å². The predicted octanol–water partition coefficient (Wildman–Crippen LogP) is 1.97. The molecule has 1 amide bonds. The number of nitrogens with zero attached hydrogens (tertiary/aromatic N) is 5. The number of H-pyrrole nitrogens is 1. The summed E-state index contributed by atoms with van der Waals surface area (Å²) in [5.41, 5.74) is 1.13. The van der Waals surface area contributed by atoms with E-state index in [-0.39, 0.29) is 5.91 Å². The predicted molar refractivity (Wildman–Crippen MR) is 90.8 cm³/mol. The van der Waals surface area contributed by atoms with Gasteiger partial charge in [0.1, 0.15) is 11.0 Å². The van der Waals surface area contributed by atoms with Crippen molar-refractivity contribution in [3.05, 3.63) is 23.6 Å². The van der Waals surface area contributed by atoms with Gasteiger partial charge < -0.3 is 9.80 Å². The number of rotatable bonds is 2. The molecule has 0 aromatic carbocycles. The van der Waals surface area contributed by atoms with E-state index in [1.807, 2.05) is 11.0 Å². The van der Waals surface area contributed by atoms with Crippen molar-refractivity contribution >= 4 is 23.3 Å². The first-order valence-electron chi connectivity index (χ1n) is 8.09. The first-order chi connectivity index (χ1) is 11.5. The van der Waals surface area contributed by atoms with Crippen LogP contribution in [-0.2, 0) is 4.79 Å². The Morgan fingerprint density at radius 2 is 2.04 bits per heavy atom. The van der Waals surface area contributed by atoms with Crippen LogP contribution in [0.15, 0.2) is 18.5 Å². The number of hydrogen-bond donors (Lipinski definition) is 1. The van der Waals surface area contributed by atoms with Gasteiger partial charge in [0.25, 0.3) is 0 Å². The van der Waals surface area contributed by atoms with Gasteiger partial charge in [-0.3, -0.25) is 9.89 Å². The zero-order valence-corrected chi connectivity index (χ0v) is 14.3. The van der Waals surface area contributed by atoms with Gasteiger partial charge in [0, 0.05) is 50.8 Å². The number of piperidine rings is 1. The Balaban J connectivity index is 1.47. The molecule has 1 N–H and O–H groups in total. The molecular weight excluding hydrogens is 328 g/mol. The van der Waals surface area contributed by atoms with Crippen LogP contribution in [0.2, 0.25) is 5.15 Å². The maximum Gasteiger partial charge on any atom is 0.219 e. The third-order valence-electron chi connectivity index (χ3n) is 5.08. The Labute approximate surface area is 145 Å². The first-order valence-corrected chi connectivity index (χ1v) is 8.47. The minimum Gasteiger partial charge on any atom is -0.355 e. The Morgan fingerprint density at radius 1 is 1.29 bits per heavy atom. The molecule has 2 fully saturated rings. The number of carbonyl (C=O) groups excluding carboxylic acids is 1. The third kappa shape index (κ3) is 2.73. The summed E-state index contributed by atoms with van der Waals surface area (Å²) in [4.78, 5) is 24.5. The van der Waals surface area contributed by atoms with Crippen LogP contribution in [0.4, 0.5) is 5.82 Å². The molecule has 2 aliphatic heterocycles. The highest BCUT2D eigenvalue weighted by Crippen LogP contribution is 2.42. The van der Waals surface area contributed by atoms with E-state index in [1.165, 1.54) is 0 Å². The van der Waals surface area contributed by atoms with Gasteiger partial charge in [0.2, 0.25) is 5.91 Å². The van der Waals surface area contributed by atoms with Gasteiger partial charge >= 0.3 is 0 Å². The van der Waals surface area contributed by atoms with Crippen molar-refractivity contribution < 1.29 is 4.79 Å². The molecule has 0 radical (unpaired) electrons. The number of anilines is 1. The largest absolute Gasteiger partial charge is 0.355 e. The molecule has 0 unspecified atom stereocenters. The van der Waals surface area contributed by atoms with Crippen LogP contribution >= 0.6 is 11.6 Å². The van der Waals surface area contributed by atoms with E-state index in [9.17, 15) is 4.79 Å². The topological polar surface area (TPSA) is 78.0 Å². The van der Waals surface area contributed by atoms with Gasteiger partial charge in [-0.1, -0.05) is 11.6 Å². The molecule has 24 heavy (non-hydrogen) atoms. The number of amides is 1. The van der Waals surface area contributed by atoms with E-state index in [0.29, 0.717) is 16.4 Å². The molecule has 126 valence electrons. The zero-order chi connectivity index (χ0) is 16.7. The number of likely N-dealkylation sites (tertiary alicyclic amines) is 1. The van der Waals surface area contributed by atoms with E-state index in [0.717, 1.165) is 50.4 Å². The lowest BCUT2D eigenvalue weighted by molar-refractivity contribution is -0.131. The number of hydrogen-bond acceptors (Lipinski definition) is 5. The fourth-order valence-electron chi connectivity index (χ4n) is 3.61. The Kier molecular flexibility index (Phi) is 3.68. The number of carbonyl (C=O) groups is 1. The van der Waals surface area contributed by atoms with E-state index in [4.69, 9.17) is 11.6 Å². The van der Waals surface area contributed by atoms with E-state index in [2.05, 4.69) is 25.1 Å². The Morgan fingerprint density at radius 3 is 2.67 bits per heavy atom. The highest BCUT2D eigenvalue weighted by Gasteiger charge is 2.45. The summed E-state index contributed by atoms with van der Waals surface area (Å²) in [6.07, 6.45) is 5.54. The van der Waals surface area contributed by atoms with E-state index in [1.54, 1.807) is 19.3 Å². The Hall–Kier alpha value is -2.15. The van der Waals surface area contributed by atoms with Gasteiger partial charge in [0.15, 0.2) is 5.82 Å². The summed E-state index contributed by atoms with van der Waals surface area (Å²) in [5, 5.41) is 7.13. The summed E-state index contributed by atoms with van der Waals surface area (Å²) in [6.45, 7) is 5.27. The summed E-state index contributed by atoms with van der Waals surface area (Å²) in [5.74, 6) is 1.61. The van der Waals surface area contributed by atoms with Crippen molar-refractivity contribution in [2.45, 2.75) is 19.8 Å². The SMILES string of the molecule is CC(=O)N1CCC2(CC1)CN(c1cc(Cl)nc(-c3cn[nH]c3)n1)C2. The number of nitrogens with one attached hydrogen (secondary N) is 1. The molecule has 7 nitrogen and oxygen atoms in total. The van der Waals surface area contributed by atoms with Crippen LogP contribution < -0.4 is 4.90 Å². The van der Waals surface area contributed by atoms with Gasteiger partial charge in [-0.25, -0.2) is 9.97 Å². The summed E-state index contributed by atoms with van der Waals surface area (Å²) < 4.78 is 0. The number of halogens is 1. The number of aromatic nitrogens is 4. The van der Waals surface area contributed by atoms with E-state index < -0.39 is 0 Å². The molecule has 2 saturated heterocycles. The molecule has 0 atom stereocenters. The first kappa shape index (κ1) is 15.4. The second-order valence-corrected chi connectivity index (χ2v) is 7.11. The maximum atomic E-state index is 11.5. The fraction of sp³-hybridized carbons (Fsp3) is 0.500. The molecule has 0 aliphatic carbocycles. The second kappa shape index (κ2) is 5.73. The summed E-state index contributed by atoms with van der Waals surface area (Å²) in [7, 11) is 0. The number of aromatic amines is 1. The van der Waals surface area contributed by atoms with Crippen molar-refractivity contribution in [3.63, 3.8) is 0 Å². The minimum absolute atomic E-state index is 0.174. The zero-order valence-electron chi connectivity index (χ0n) is 13.5. The van der Waals surface area contributed by atoms with Crippen LogP contribution in [-0.4, -0.2) is 57.2 Å². The van der Waals surface area contributed by atoms with Crippen LogP contribution in [0.1, 0.15) is 19.8 Å². The van der Waals surface area contributed by atoms with Crippen LogP contribution in [0, 0.1) is 5.41 Å². The molecule has 2 aromatic heterocycles. The highest BCUT2D eigenvalue weighted by molar-refractivity contribution is 6.29. The molecule has 0 saturated carbocycles. The summed E-state index contributed by atoms with van der Waals surface area (Å²) in [6, 6.07) is 1.81. The van der Waals surface area contributed by atoms with Crippen molar-refractivity contribution in [3.8, 4) is 11.4 Å². The smallest absolute Gasteiger partial charge is 0.219 e. The molecule has 8 heteroatoms. The molecule has 2 aliphatic rings. The molecule has 4 rings (SSSR count). The second-order valence-electron chi connectivity index (χ2n) is 6.72.